The van der Waals surface area contributed by atoms with E-state index in [-0.39, 0.29) is 18.0 Å². The molecule has 102 valence electrons. The van der Waals surface area contributed by atoms with E-state index in [1.807, 2.05) is 0 Å². The van der Waals surface area contributed by atoms with Crippen LogP contribution >= 0.6 is 0 Å². The van der Waals surface area contributed by atoms with Gasteiger partial charge in [0.2, 0.25) is 5.69 Å². The summed E-state index contributed by atoms with van der Waals surface area (Å²) in [5.41, 5.74) is -0.522. The Morgan fingerprint density at radius 3 is 2.95 bits per heavy atom. The van der Waals surface area contributed by atoms with Gasteiger partial charge in [0.15, 0.2) is 0 Å². The molecule has 1 rings (SSSR count). The number of aromatic nitrogens is 1. The van der Waals surface area contributed by atoms with Crippen molar-refractivity contribution in [2.24, 2.45) is 0 Å². The van der Waals surface area contributed by atoms with Gasteiger partial charge in [-0.25, -0.2) is 4.98 Å². The molecule has 0 aliphatic carbocycles. The number of rotatable bonds is 8. The van der Waals surface area contributed by atoms with Crippen LogP contribution in [0.3, 0.4) is 0 Å². The van der Waals surface area contributed by atoms with Crippen LogP contribution in [0.25, 0.3) is 0 Å². The van der Waals surface area contributed by atoms with Crippen LogP contribution < -0.4 is 5.32 Å². The number of nitrogens with one attached hydrogen (secondary N) is 1. The molecule has 0 unspecified atom stereocenters. The summed E-state index contributed by atoms with van der Waals surface area (Å²) in [6.07, 6.45) is 0.695. The summed E-state index contributed by atoms with van der Waals surface area (Å²) in [6, 6.07) is 4.39. The summed E-state index contributed by atoms with van der Waals surface area (Å²) in [4.78, 5) is 13.8. The van der Waals surface area contributed by atoms with Crippen LogP contribution in [0, 0.1) is 21.4 Å². The number of hydrogen-bond acceptors (Lipinski definition) is 7. The zero-order chi connectivity index (χ0) is 14.1. The van der Waals surface area contributed by atoms with Gasteiger partial charge < -0.3 is 15.2 Å². The Hall–Kier alpha value is -2.24. The van der Waals surface area contributed by atoms with E-state index in [1.165, 1.54) is 12.1 Å². The van der Waals surface area contributed by atoms with E-state index in [2.05, 4.69) is 10.3 Å². The molecule has 0 aromatic carbocycles. The van der Waals surface area contributed by atoms with E-state index >= 15 is 0 Å². The summed E-state index contributed by atoms with van der Waals surface area (Å²) in [5.74, 6) is 0.407. The van der Waals surface area contributed by atoms with Gasteiger partial charge in [-0.2, -0.15) is 5.26 Å². The summed E-state index contributed by atoms with van der Waals surface area (Å²) in [6.45, 7) is 1.34. The molecule has 1 heterocycles. The summed E-state index contributed by atoms with van der Waals surface area (Å²) >= 11 is 0. The molecule has 0 amide bonds. The van der Waals surface area contributed by atoms with Gasteiger partial charge in [0, 0.05) is 19.2 Å². The van der Waals surface area contributed by atoms with E-state index < -0.39 is 4.92 Å². The molecule has 0 aliphatic rings. The van der Waals surface area contributed by atoms with Crippen LogP contribution in [0.15, 0.2) is 12.1 Å². The minimum atomic E-state index is -0.641. The Labute approximate surface area is 109 Å². The third kappa shape index (κ3) is 4.87. The van der Waals surface area contributed by atoms with Gasteiger partial charge in [0.25, 0.3) is 0 Å². The average Bonchev–Trinajstić information content (AvgIpc) is 2.42. The molecule has 0 atom stereocenters. The maximum atomic E-state index is 10.6. The highest BCUT2D eigenvalue weighted by atomic mass is 16.6. The molecular weight excluding hydrogens is 252 g/mol. The zero-order valence-electron chi connectivity index (χ0n) is 10.2. The van der Waals surface area contributed by atoms with Crippen molar-refractivity contribution in [3.8, 4) is 6.07 Å². The Balaban J connectivity index is 2.47. The molecule has 0 bridgehead atoms. The van der Waals surface area contributed by atoms with Crippen LogP contribution in [-0.2, 0) is 4.74 Å². The molecule has 0 spiro atoms. The van der Waals surface area contributed by atoms with Crippen molar-refractivity contribution >= 4 is 11.5 Å². The number of hydrogen-bond donors (Lipinski definition) is 2. The van der Waals surface area contributed by atoms with E-state index in [1.54, 1.807) is 6.07 Å². The monoisotopic (exact) mass is 266 g/mol. The van der Waals surface area contributed by atoms with Crippen molar-refractivity contribution in [2.75, 3.05) is 31.7 Å². The standard InChI is InChI=1S/C11H14N4O4/c12-8-9-10(15(17)18)2-3-11(14-9)13-4-1-6-19-7-5-16/h2-3,16H,1,4-7H2,(H,13,14). The molecule has 8 heteroatoms. The molecule has 1 aromatic rings. The van der Waals surface area contributed by atoms with Gasteiger partial charge in [-0.1, -0.05) is 0 Å². The second-order valence-corrected chi connectivity index (χ2v) is 3.55. The quantitative estimate of drug-likeness (QED) is 0.403. The predicted molar refractivity (Wildman–Crippen MR) is 66.6 cm³/mol. The van der Waals surface area contributed by atoms with Crippen LogP contribution in [0.5, 0.6) is 0 Å². The fraction of sp³-hybridized carbons (Fsp3) is 0.455. The van der Waals surface area contributed by atoms with Gasteiger partial charge in [0.1, 0.15) is 11.9 Å². The molecule has 2 N–H and O–H groups in total. The lowest BCUT2D eigenvalue weighted by Gasteiger charge is -2.06. The SMILES string of the molecule is N#Cc1nc(NCCCOCCO)ccc1[N+](=O)[O-]. The van der Waals surface area contributed by atoms with E-state index in [0.29, 0.717) is 32.0 Å². The lowest BCUT2D eigenvalue weighted by atomic mass is 10.3. The average molecular weight is 266 g/mol. The van der Waals surface area contributed by atoms with Crippen molar-refractivity contribution in [3.63, 3.8) is 0 Å². The van der Waals surface area contributed by atoms with Crippen LogP contribution in [-0.4, -0.2) is 41.4 Å². The first-order valence-electron chi connectivity index (χ1n) is 5.67. The van der Waals surface area contributed by atoms with Crippen molar-refractivity contribution < 1.29 is 14.8 Å². The van der Waals surface area contributed by atoms with Crippen molar-refractivity contribution in [1.82, 2.24) is 4.98 Å². The topological polar surface area (TPSA) is 121 Å². The smallest absolute Gasteiger partial charge is 0.305 e. The fourth-order valence-electron chi connectivity index (χ4n) is 1.34. The maximum Gasteiger partial charge on any atom is 0.305 e. The first kappa shape index (κ1) is 14.8. The normalized spacial score (nSPS) is 9.89. The molecule has 1 aromatic heterocycles. The zero-order valence-corrected chi connectivity index (χ0v) is 10.2. The van der Waals surface area contributed by atoms with Gasteiger partial charge in [-0.05, 0) is 12.5 Å². The molecule has 0 fully saturated rings. The number of pyridine rings is 1. The first-order chi connectivity index (χ1) is 9.19. The van der Waals surface area contributed by atoms with Crippen molar-refractivity contribution in [2.45, 2.75) is 6.42 Å². The molecular formula is C11H14N4O4. The van der Waals surface area contributed by atoms with E-state index in [9.17, 15) is 10.1 Å². The predicted octanol–water partition coefficient (Wildman–Crippen LogP) is 0.672. The molecule has 19 heavy (non-hydrogen) atoms. The van der Waals surface area contributed by atoms with Crippen molar-refractivity contribution in [1.29, 1.82) is 5.26 Å². The summed E-state index contributed by atoms with van der Waals surface area (Å²) < 4.78 is 5.06. The number of nitrogens with zero attached hydrogens (tertiary/aromatic N) is 3. The summed E-state index contributed by atoms with van der Waals surface area (Å²) in [7, 11) is 0. The van der Waals surface area contributed by atoms with Gasteiger partial charge in [0.05, 0.1) is 18.1 Å². The van der Waals surface area contributed by atoms with Crippen molar-refractivity contribution in [3.05, 3.63) is 27.9 Å². The molecule has 0 saturated heterocycles. The molecule has 0 radical (unpaired) electrons. The lowest BCUT2D eigenvalue weighted by molar-refractivity contribution is -0.385. The second kappa shape index (κ2) is 7.97. The number of aliphatic hydroxyl groups is 1. The minimum absolute atomic E-state index is 0.0110. The largest absolute Gasteiger partial charge is 0.394 e. The molecule has 0 saturated carbocycles. The Bertz CT molecular complexity index is 472. The highest BCUT2D eigenvalue weighted by Gasteiger charge is 2.15. The maximum absolute atomic E-state index is 10.6. The van der Waals surface area contributed by atoms with Gasteiger partial charge in [-0.15, -0.1) is 0 Å². The van der Waals surface area contributed by atoms with Crippen LogP contribution in [0.4, 0.5) is 11.5 Å². The highest BCUT2D eigenvalue weighted by Crippen LogP contribution is 2.17. The van der Waals surface area contributed by atoms with Gasteiger partial charge in [-0.3, -0.25) is 10.1 Å². The minimum Gasteiger partial charge on any atom is -0.394 e. The fourth-order valence-corrected chi connectivity index (χ4v) is 1.34. The Morgan fingerprint density at radius 2 is 2.32 bits per heavy atom. The van der Waals surface area contributed by atoms with E-state index in [4.69, 9.17) is 15.1 Å². The number of aliphatic hydroxyl groups excluding tert-OH is 1. The number of ether oxygens (including phenoxy) is 1. The second-order valence-electron chi connectivity index (χ2n) is 3.55. The number of nitriles is 1. The lowest BCUT2D eigenvalue weighted by Crippen LogP contribution is -2.09. The third-order valence-corrected chi connectivity index (χ3v) is 2.18. The third-order valence-electron chi connectivity index (χ3n) is 2.18. The first-order valence-corrected chi connectivity index (χ1v) is 5.67. The van der Waals surface area contributed by atoms with E-state index in [0.717, 1.165) is 0 Å². The highest BCUT2D eigenvalue weighted by molar-refractivity contribution is 5.50. The number of nitro groups is 1. The number of anilines is 1. The Morgan fingerprint density at radius 1 is 1.53 bits per heavy atom. The molecule has 8 nitrogen and oxygen atoms in total. The van der Waals surface area contributed by atoms with Crippen LogP contribution in [0.2, 0.25) is 0 Å². The summed E-state index contributed by atoms with van der Waals surface area (Å²) in [5, 5.41) is 30.8. The van der Waals surface area contributed by atoms with Crippen LogP contribution in [0.1, 0.15) is 12.1 Å². The molecule has 0 aliphatic heterocycles. The van der Waals surface area contributed by atoms with Gasteiger partial charge >= 0.3 is 5.69 Å². The Kier molecular flexibility index (Phi) is 6.21.